The SMILES string of the molecule is O=C(/C=C/c1ccccc1)CC1(O)C(=O)N(C/C=C/c2ccccc2)c2ccccc21. The fourth-order valence-corrected chi connectivity index (χ4v) is 3.78. The molecule has 154 valence electrons. The standard InChI is InChI=1S/C27H23NO3/c29-23(18-17-22-12-5-2-6-13-22)20-27(31)24-15-7-8-16-25(24)28(26(27)30)19-9-14-21-10-3-1-4-11-21/h1-18,31H,19-20H2/b14-9+,18-17+. The molecule has 0 fully saturated rings. The smallest absolute Gasteiger partial charge is 0.264 e. The lowest BCUT2D eigenvalue weighted by atomic mass is 9.89. The Bertz CT molecular complexity index is 1140. The predicted octanol–water partition coefficient (Wildman–Crippen LogP) is 4.61. The maximum absolute atomic E-state index is 13.2. The normalized spacial score (nSPS) is 18.1. The minimum absolute atomic E-state index is 0.301. The van der Waals surface area contributed by atoms with Gasteiger partial charge in [0.05, 0.1) is 12.1 Å². The summed E-state index contributed by atoms with van der Waals surface area (Å²) in [6, 6.07) is 26.3. The predicted molar refractivity (Wildman–Crippen MR) is 123 cm³/mol. The molecule has 1 N–H and O–H groups in total. The maximum atomic E-state index is 13.2. The van der Waals surface area contributed by atoms with Gasteiger partial charge in [-0.25, -0.2) is 0 Å². The van der Waals surface area contributed by atoms with Crippen molar-refractivity contribution < 1.29 is 14.7 Å². The van der Waals surface area contributed by atoms with E-state index in [0.29, 0.717) is 17.8 Å². The third-order valence-corrected chi connectivity index (χ3v) is 5.33. The van der Waals surface area contributed by atoms with E-state index in [9.17, 15) is 14.7 Å². The number of allylic oxidation sites excluding steroid dienone is 1. The van der Waals surface area contributed by atoms with Gasteiger partial charge in [-0.15, -0.1) is 0 Å². The minimum atomic E-state index is -1.87. The zero-order valence-corrected chi connectivity index (χ0v) is 17.0. The van der Waals surface area contributed by atoms with E-state index in [1.165, 1.54) is 11.0 Å². The van der Waals surface area contributed by atoms with Gasteiger partial charge in [-0.3, -0.25) is 9.59 Å². The first-order chi connectivity index (χ1) is 15.1. The lowest BCUT2D eigenvalue weighted by Crippen LogP contribution is -2.41. The topological polar surface area (TPSA) is 57.6 Å². The third-order valence-electron chi connectivity index (χ3n) is 5.33. The first-order valence-corrected chi connectivity index (χ1v) is 10.2. The molecule has 0 saturated carbocycles. The average molecular weight is 409 g/mol. The van der Waals surface area contributed by atoms with Crippen LogP contribution in [-0.2, 0) is 15.2 Å². The number of nitrogens with zero attached hydrogens (tertiary/aromatic N) is 1. The van der Waals surface area contributed by atoms with E-state index < -0.39 is 11.5 Å². The molecule has 4 heteroatoms. The van der Waals surface area contributed by atoms with E-state index in [4.69, 9.17) is 0 Å². The number of anilines is 1. The molecule has 1 aliphatic rings. The van der Waals surface area contributed by atoms with Crippen molar-refractivity contribution in [2.75, 3.05) is 11.4 Å². The van der Waals surface area contributed by atoms with Gasteiger partial charge >= 0.3 is 0 Å². The molecular weight excluding hydrogens is 386 g/mol. The monoisotopic (exact) mass is 409 g/mol. The first-order valence-electron chi connectivity index (χ1n) is 10.2. The van der Waals surface area contributed by atoms with Crippen molar-refractivity contribution in [3.8, 4) is 0 Å². The molecule has 3 aromatic rings. The van der Waals surface area contributed by atoms with Gasteiger partial charge in [0.1, 0.15) is 0 Å². The van der Waals surface area contributed by atoms with E-state index in [-0.39, 0.29) is 12.2 Å². The Morgan fingerprint density at radius 3 is 2.10 bits per heavy atom. The molecule has 1 unspecified atom stereocenters. The zero-order chi connectivity index (χ0) is 21.7. The molecule has 4 rings (SSSR count). The summed E-state index contributed by atoms with van der Waals surface area (Å²) in [6.45, 7) is 0.307. The Hall–Kier alpha value is -3.76. The molecule has 1 amide bonds. The van der Waals surface area contributed by atoms with Crippen LogP contribution in [0, 0.1) is 0 Å². The summed E-state index contributed by atoms with van der Waals surface area (Å²) in [5.74, 6) is -0.788. The van der Waals surface area contributed by atoms with E-state index in [1.807, 2.05) is 78.9 Å². The minimum Gasteiger partial charge on any atom is -0.375 e. The van der Waals surface area contributed by atoms with Crippen molar-refractivity contribution in [3.05, 3.63) is 114 Å². The quantitative estimate of drug-likeness (QED) is 0.580. The van der Waals surface area contributed by atoms with Gasteiger partial charge in [-0.2, -0.15) is 0 Å². The van der Waals surface area contributed by atoms with Crippen LogP contribution >= 0.6 is 0 Å². The van der Waals surface area contributed by atoms with Crippen LogP contribution in [-0.4, -0.2) is 23.3 Å². The molecule has 4 nitrogen and oxygen atoms in total. The van der Waals surface area contributed by atoms with Gasteiger partial charge in [0.2, 0.25) is 0 Å². The summed E-state index contributed by atoms with van der Waals surface area (Å²) in [5.41, 5.74) is 1.14. The molecule has 0 radical (unpaired) electrons. The molecule has 0 bridgehead atoms. The number of ketones is 1. The number of rotatable bonds is 7. The number of para-hydroxylation sites is 1. The van der Waals surface area contributed by atoms with Crippen molar-refractivity contribution in [1.29, 1.82) is 0 Å². The lowest BCUT2D eigenvalue weighted by molar-refractivity contribution is -0.140. The second-order valence-corrected chi connectivity index (χ2v) is 7.49. The fraction of sp³-hybridized carbons (Fsp3) is 0.111. The molecule has 31 heavy (non-hydrogen) atoms. The second kappa shape index (κ2) is 8.94. The molecular formula is C27H23NO3. The molecule has 0 spiro atoms. The van der Waals surface area contributed by atoms with Crippen LogP contribution in [0.2, 0.25) is 0 Å². The number of fused-ring (bicyclic) bond motifs is 1. The number of amides is 1. The Morgan fingerprint density at radius 2 is 1.42 bits per heavy atom. The van der Waals surface area contributed by atoms with Crippen LogP contribution in [0.1, 0.15) is 23.1 Å². The molecule has 3 aromatic carbocycles. The summed E-state index contributed by atoms with van der Waals surface area (Å²) in [6.07, 6.45) is 6.62. The Kier molecular flexibility index (Phi) is 5.92. The molecule has 1 atom stereocenters. The fourth-order valence-electron chi connectivity index (χ4n) is 3.78. The van der Waals surface area contributed by atoms with E-state index in [0.717, 1.165) is 11.1 Å². The summed E-state index contributed by atoms with van der Waals surface area (Å²) >= 11 is 0. The van der Waals surface area contributed by atoms with Crippen LogP contribution in [0.4, 0.5) is 5.69 Å². The van der Waals surface area contributed by atoms with Gasteiger partial charge < -0.3 is 10.0 Å². The number of aliphatic hydroxyl groups is 1. The molecule has 0 aromatic heterocycles. The highest BCUT2D eigenvalue weighted by molar-refractivity contribution is 6.10. The Morgan fingerprint density at radius 1 is 0.839 bits per heavy atom. The van der Waals surface area contributed by atoms with Gasteiger partial charge in [-0.1, -0.05) is 97.1 Å². The summed E-state index contributed by atoms with van der Waals surface area (Å²) in [5, 5.41) is 11.3. The van der Waals surface area contributed by atoms with E-state index in [1.54, 1.807) is 24.3 Å². The molecule has 0 saturated heterocycles. The number of carbonyl (C=O) groups is 2. The molecule has 1 aliphatic heterocycles. The van der Waals surface area contributed by atoms with Crippen LogP contribution in [0.25, 0.3) is 12.2 Å². The van der Waals surface area contributed by atoms with Crippen LogP contribution in [0.15, 0.2) is 97.1 Å². The van der Waals surface area contributed by atoms with Crippen molar-refractivity contribution >= 4 is 29.5 Å². The number of hydrogen-bond donors (Lipinski definition) is 1. The van der Waals surface area contributed by atoms with Crippen molar-refractivity contribution in [3.63, 3.8) is 0 Å². The maximum Gasteiger partial charge on any atom is 0.264 e. The van der Waals surface area contributed by atoms with Crippen LogP contribution in [0.5, 0.6) is 0 Å². The van der Waals surface area contributed by atoms with Crippen molar-refractivity contribution in [2.24, 2.45) is 0 Å². The Balaban J connectivity index is 1.54. The van der Waals surface area contributed by atoms with Crippen LogP contribution in [0.3, 0.4) is 0 Å². The second-order valence-electron chi connectivity index (χ2n) is 7.49. The van der Waals surface area contributed by atoms with E-state index >= 15 is 0 Å². The molecule has 0 aliphatic carbocycles. The highest BCUT2D eigenvalue weighted by Crippen LogP contribution is 2.42. The summed E-state index contributed by atoms with van der Waals surface area (Å²) < 4.78 is 0. The van der Waals surface area contributed by atoms with Gasteiger partial charge in [0.15, 0.2) is 11.4 Å². The number of hydrogen-bond acceptors (Lipinski definition) is 3. The Labute approximate surface area is 181 Å². The average Bonchev–Trinajstić information content (AvgIpc) is 3.01. The highest BCUT2D eigenvalue weighted by Gasteiger charge is 2.50. The van der Waals surface area contributed by atoms with Crippen molar-refractivity contribution in [1.82, 2.24) is 0 Å². The number of benzene rings is 3. The first kappa shape index (κ1) is 20.5. The van der Waals surface area contributed by atoms with Crippen molar-refractivity contribution in [2.45, 2.75) is 12.0 Å². The molecule has 1 heterocycles. The zero-order valence-electron chi connectivity index (χ0n) is 17.0. The van der Waals surface area contributed by atoms with E-state index in [2.05, 4.69) is 0 Å². The van der Waals surface area contributed by atoms with Gasteiger partial charge in [-0.05, 0) is 23.3 Å². The lowest BCUT2D eigenvalue weighted by Gasteiger charge is -2.21. The summed E-state index contributed by atoms with van der Waals surface area (Å²) in [7, 11) is 0. The highest BCUT2D eigenvalue weighted by atomic mass is 16.3. The van der Waals surface area contributed by atoms with Gasteiger partial charge in [0.25, 0.3) is 5.91 Å². The van der Waals surface area contributed by atoms with Crippen LogP contribution < -0.4 is 4.90 Å². The summed E-state index contributed by atoms with van der Waals surface area (Å²) in [4.78, 5) is 27.3. The third kappa shape index (κ3) is 4.39. The number of carbonyl (C=O) groups excluding carboxylic acids is 2. The van der Waals surface area contributed by atoms with Gasteiger partial charge in [0, 0.05) is 12.1 Å². The largest absolute Gasteiger partial charge is 0.375 e.